The molecule has 2 unspecified atom stereocenters. The van der Waals surface area contributed by atoms with Crippen LogP contribution in [0.15, 0.2) is 24.4 Å². The minimum atomic E-state index is -0.0705. The number of hydrogen-bond donors (Lipinski definition) is 1. The summed E-state index contributed by atoms with van der Waals surface area (Å²) < 4.78 is 5.52. The van der Waals surface area contributed by atoms with Gasteiger partial charge >= 0.3 is 0 Å². The average Bonchev–Trinajstić information content (AvgIpc) is 2.39. The van der Waals surface area contributed by atoms with Gasteiger partial charge in [-0.1, -0.05) is 6.07 Å². The number of carbonyl (C=O) groups is 1. The fourth-order valence-corrected chi connectivity index (χ4v) is 1.88. The highest BCUT2D eigenvalue weighted by Gasteiger charge is 2.29. The molecular weight excluding hydrogens is 218 g/mol. The molecule has 1 fully saturated rings. The lowest BCUT2D eigenvalue weighted by Gasteiger charge is -2.37. The lowest BCUT2D eigenvalue weighted by Crippen LogP contribution is -2.53. The largest absolute Gasteiger partial charge is 0.373 e. The Bertz CT molecular complexity index is 383. The van der Waals surface area contributed by atoms with E-state index in [0.29, 0.717) is 25.4 Å². The SMILES string of the molecule is CC1COC(CN)CN1C(=O)c1ccccn1. The van der Waals surface area contributed by atoms with Crippen LogP contribution >= 0.6 is 0 Å². The predicted octanol–water partition coefficient (Wildman–Crippen LogP) is 0.270. The number of amides is 1. The van der Waals surface area contributed by atoms with Gasteiger partial charge in [-0.25, -0.2) is 0 Å². The molecule has 2 N–H and O–H groups in total. The van der Waals surface area contributed by atoms with Gasteiger partial charge in [0.25, 0.3) is 5.91 Å². The number of rotatable bonds is 2. The molecule has 0 aliphatic carbocycles. The summed E-state index contributed by atoms with van der Waals surface area (Å²) in [4.78, 5) is 18.1. The Kier molecular flexibility index (Phi) is 3.71. The number of hydrogen-bond acceptors (Lipinski definition) is 4. The van der Waals surface area contributed by atoms with Gasteiger partial charge < -0.3 is 15.4 Å². The maximum absolute atomic E-state index is 12.2. The molecule has 1 aromatic rings. The second-order valence-corrected chi connectivity index (χ2v) is 4.21. The Labute approximate surface area is 101 Å². The van der Waals surface area contributed by atoms with Crippen molar-refractivity contribution in [3.63, 3.8) is 0 Å². The first-order valence-corrected chi connectivity index (χ1v) is 5.76. The summed E-state index contributed by atoms with van der Waals surface area (Å²) in [5, 5.41) is 0. The fraction of sp³-hybridized carbons (Fsp3) is 0.500. The van der Waals surface area contributed by atoms with Gasteiger partial charge in [-0.3, -0.25) is 9.78 Å². The quantitative estimate of drug-likeness (QED) is 0.799. The summed E-state index contributed by atoms with van der Waals surface area (Å²) in [7, 11) is 0. The zero-order valence-corrected chi connectivity index (χ0v) is 9.87. The highest BCUT2D eigenvalue weighted by atomic mass is 16.5. The topological polar surface area (TPSA) is 68.5 Å². The fourth-order valence-electron chi connectivity index (χ4n) is 1.88. The van der Waals surface area contributed by atoms with Crippen LogP contribution in [0.4, 0.5) is 0 Å². The zero-order valence-electron chi connectivity index (χ0n) is 9.87. The first-order valence-electron chi connectivity index (χ1n) is 5.76. The number of pyridine rings is 1. The second-order valence-electron chi connectivity index (χ2n) is 4.21. The number of morpholine rings is 1. The molecule has 0 spiro atoms. The monoisotopic (exact) mass is 235 g/mol. The molecule has 2 rings (SSSR count). The Balaban J connectivity index is 2.12. The van der Waals surface area contributed by atoms with Gasteiger partial charge in [0, 0.05) is 19.3 Å². The standard InChI is InChI=1S/C12H17N3O2/c1-9-8-17-10(6-13)7-15(9)12(16)11-4-2-3-5-14-11/h2-5,9-10H,6-8,13H2,1H3. The van der Waals surface area contributed by atoms with Crippen LogP contribution in [0, 0.1) is 0 Å². The van der Waals surface area contributed by atoms with Crippen LogP contribution in [-0.4, -0.2) is 47.6 Å². The van der Waals surface area contributed by atoms with E-state index >= 15 is 0 Å². The van der Waals surface area contributed by atoms with E-state index in [2.05, 4.69) is 4.98 Å². The first-order chi connectivity index (χ1) is 8.22. The number of aromatic nitrogens is 1. The molecular formula is C12H17N3O2. The number of ether oxygens (including phenoxy) is 1. The summed E-state index contributed by atoms with van der Waals surface area (Å²) in [6.07, 6.45) is 1.55. The van der Waals surface area contributed by atoms with E-state index in [1.807, 2.05) is 13.0 Å². The Morgan fingerprint density at radius 3 is 3.12 bits per heavy atom. The van der Waals surface area contributed by atoms with E-state index in [1.54, 1.807) is 23.2 Å². The van der Waals surface area contributed by atoms with Crippen LogP contribution in [-0.2, 0) is 4.74 Å². The normalized spacial score (nSPS) is 24.7. The third-order valence-corrected chi connectivity index (χ3v) is 2.91. The minimum absolute atomic E-state index is 0.0557. The Morgan fingerprint density at radius 1 is 1.65 bits per heavy atom. The van der Waals surface area contributed by atoms with Crippen molar-refractivity contribution in [3.05, 3.63) is 30.1 Å². The van der Waals surface area contributed by atoms with Crippen molar-refractivity contribution in [2.45, 2.75) is 19.1 Å². The van der Waals surface area contributed by atoms with E-state index in [-0.39, 0.29) is 18.1 Å². The molecule has 1 aliphatic heterocycles. The highest BCUT2D eigenvalue weighted by molar-refractivity contribution is 5.92. The van der Waals surface area contributed by atoms with Gasteiger partial charge in [0.1, 0.15) is 5.69 Å². The molecule has 0 saturated carbocycles. The van der Waals surface area contributed by atoms with Crippen molar-refractivity contribution in [2.75, 3.05) is 19.7 Å². The summed E-state index contributed by atoms with van der Waals surface area (Å²) >= 11 is 0. The Morgan fingerprint density at radius 2 is 2.47 bits per heavy atom. The zero-order chi connectivity index (χ0) is 12.3. The molecule has 0 aromatic carbocycles. The van der Waals surface area contributed by atoms with Crippen LogP contribution in [0.1, 0.15) is 17.4 Å². The maximum atomic E-state index is 12.2. The second kappa shape index (κ2) is 5.25. The molecule has 0 radical (unpaired) electrons. The van der Waals surface area contributed by atoms with Crippen molar-refractivity contribution in [1.82, 2.24) is 9.88 Å². The molecule has 1 amide bonds. The lowest BCUT2D eigenvalue weighted by molar-refractivity contribution is -0.0427. The van der Waals surface area contributed by atoms with Crippen molar-refractivity contribution in [3.8, 4) is 0 Å². The third-order valence-electron chi connectivity index (χ3n) is 2.91. The smallest absolute Gasteiger partial charge is 0.272 e. The molecule has 2 heterocycles. The lowest BCUT2D eigenvalue weighted by atomic mass is 10.1. The van der Waals surface area contributed by atoms with Crippen molar-refractivity contribution < 1.29 is 9.53 Å². The summed E-state index contributed by atoms with van der Waals surface area (Å²) in [6.45, 7) is 3.46. The van der Waals surface area contributed by atoms with Gasteiger partial charge in [0.15, 0.2) is 0 Å². The van der Waals surface area contributed by atoms with Crippen molar-refractivity contribution in [2.24, 2.45) is 5.73 Å². The molecule has 1 saturated heterocycles. The highest BCUT2D eigenvalue weighted by Crippen LogP contribution is 2.14. The van der Waals surface area contributed by atoms with Gasteiger partial charge in [0.2, 0.25) is 0 Å². The summed E-state index contributed by atoms with van der Waals surface area (Å²) in [5.74, 6) is -0.0557. The van der Waals surface area contributed by atoms with Gasteiger partial charge in [0.05, 0.1) is 18.8 Å². The van der Waals surface area contributed by atoms with E-state index in [0.717, 1.165) is 0 Å². The van der Waals surface area contributed by atoms with E-state index < -0.39 is 0 Å². The predicted molar refractivity (Wildman–Crippen MR) is 63.5 cm³/mol. The number of nitrogens with zero attached hydrogens (tertiary/aromatic N) is 2. The van der Waals surface area contributed by atoms with Crippen LogP contribution in [0.2, 0.25) is 0 Å². The number of carbonyl (C=O) groups excluding carboxylic acids is 1. The van der Waals surface area contributed by atoms with Gasteiger partial charge in [-0.2, -0.15) is 0 Å². The van der Waals surface area contributed by atoms with Crippen LogP contribution < -0.4 is 5.73 Å². The molecule has 2 atom stereocenters. The third kappa shape index (κ3) is 2.62. The molecule has 17 heavy (non-hydrogen) atoms. The molecule has 0 bridgehead atoms. The van der Waals surface area contributed by atoms with E-state index in [4.69, 9.17) is 10.5 Å². The van der Waals surface area contributed by atoms with Crippen molar-refractivity contribution >= 4 is 5.91 Å². The molecule has 1 aliphatic rings. The average molecular weight is 235 g/mol. The van der Waals surface area contributed by atoms with Crippen molar-refractivity contribution in [1.29, 1.82) is 0 Å². The van der Waals surface area contributed by atoms with Gasteiger partial charge in [-0.05, 0) is 19.1 Å². The molecule has 92 valence electrons. The number of nitrogens with two attached hydrogens (primary N) is 1. The Hall–Kier alpha value is -1.46. The first kappa shape index (κ1) is 12.0. The van der Waals surface area contributed by atoms with Crippen LogP contribution in [0.3, 0.4) is 0 Å². The molecule has 5 nitrogen and oxygen atoms in total. The van der Waals surface area contributed by atoms with Crippen LogP contribution in [0.25, 0.3) is 0 Å². The summed E-state index contributed by atoms with van der Waals surface area (Å²) in [5.41, 5.74) is 6.04. The molecule has 1 aromatic heterocycles. The van der Waals surface area contributed by atoms with Crippen LogP contribution in [0.5, 0.6) is 0 Å². The van der Waals surface area contributed by atoms with E-state index in [9.17, 15) is 4.79 Å². The minimum Gasteiger partial charge on any atom is -0.373 e. The molecule has 5 heteroatoms. The van der Waals surface area contributed by atoms with E-state index in [1.165, 1.54) is 0 Å². The van der Waals surface area contributed by atoms with Gasteiger partial charge in [-0.15, -0.1) is 0 Å². The summed E-state index contributed by atoms with van der Waals surface area (Å²) in [6, 6.07) is 5.39. The maximum Gasteiger partial charge on any atom is 0.272 e.